The van der Waals surface area contributed by atoms with Gasteiger partial charge in [-0.25, -0.2) is 4.79 Å². The van der Waals surface area contributed by atoms with Crippen LogP contribution in [-0.2, 0) is 11.2 Å². The summed E-state index contributed by atoms with van der Waals surface area (Å²) in [5.41, 5.74) is 3.71. The molecule has 2 aromatic carbocycles. The molecule has 0 radical (unpaired) electrons. The number of carbonyl (C=O) groups is 1. The Balaban J connectivity index is 1.52. The number of hydrogen-bond acceptors (Lipinski definition) is 6. The molecular formula is C21H20NO6+. The minimum Gasteiger partial charge on any atom is -0.454 e. The highest BCUT2D eigenvalue weighted by Gasteiger charge is 2.50. The van der Waals surface area contributed by atoms with Crippen molar-refractivity contribution >= 4 is 5.97 Å². The lowest BCUT2D eigenvalue weighted by Gasteiger charge is -2.44. The van der Waals surface area contributed by atoms with Gasteiger partial charge >= 0.3 is 5.97 Å². The lowest BCUT2D eigenvalue weighted by Crippen LogP contribution is -2.50. The number of cyclic esters (lactones) is 1. The number of likely N-dealkylation sites (N-methyl/N-ethyl adjacent to an activating group) is 1. The Morgan fingerprint density at radius 2 is 1.68 bits per heavy atom. The molecule has 144 valence electrons. The maximum atomic E-state index is 12.8. The van der Waals surface area contributed by atoms with Gasteiger partial charge in [0, 0.05) is 17.5 Å². The maximum absolute atomic E-state index is 12.8. The van der Waals surface area contributed by atoms with Gasteiger partial charge in [0.2, 0.25) is 13.6 Å². The van der Waals surface area contributed by atoms with E-state index in [9.17, 15) is 4.79 Å². The molecule has 4 aliphatic rings. The maximum Gasteiger partial charge on any atom is 0.343 e. The van der Waals surface area contributed by atoms with E-state index in [0.717, 1.165) is 35.6 Å². The van der Waals surface area contributed by atoms with Crippen LogP contribution < -0.4 is 18.9 Å². The summed E-state index contributed by atoms with van der Waals surface area (Å²) < 4.78 is 28.8. The van der Waals surface area contributed by atoms with E-state index in [1.807, 2.05) is 12.1 Å². The molecule has 0 fully saturated rings. The Kier molecular flexibility index (Phi) is 3.05. The smallest absolute Gasteiger partial charge is 0.343 e. The minimum absolute atomic E-state index is 0.0520. The second-order valence-corrected chi connectivity index (χ2v) is 8.19. The van der Waals surface area contributed by atoms with Crippen LogP contribution in [0.4, 0.5) is 0 Å². The molecule has 6 rings (SSSR count). The number of rotatable bonds is 1. The summed E-state index contributed by atoms with van der Waals surface area (Å²) in [6.07, 6.45) is 0.538. The number of fused-ring (bicyclic) bond motifs is 5. The van der Waals surface area contributed by atoms with Crippen LogP contribution >= 0.6 is 0 Å². The summed E-state index contributed by atoms with van der Waals surface area (Å²) in [5.74, 6) is 2.28. The first-order chi connectivity index (χ1) is 13.5. The molecule has 0 aromatic heterocycles. The van der Waals surface area contributed by atoms with Crippen LogP contribution in [0.15, 0.2) is 24.3 Å². The van der Waals surface area contributed by atoms with Gasteiger partial charge in [0.25, 0.3) is 0 Å². The summed E-state index contributed by atoms with van der Waals surface area (Å²) in [4.78, 5) is 12.8. The topological polar surface area (TPSA) is 63.2 Å². The Labute approximate surface area is 161 Å². The number of hydrogen-bond donors (Lipinski definition) is 0. The molecule has 4 aliphatic heterocycles. The van der Waals surface area contributed by atoms with Gasteiger partial charge < -0.3 is 28.2 Å². The second kappa shape index (κ2) is 5.32. The molecular weight excluding hydrogens is 362 g/mol. The number of benzene rings is 2. The van der Waals surface area contributed by atoms with Crippen molar-refractivity contribution in [3.05, 3.63) is 46.5 Å². The Hall–Kier alpha value is -2.93. The average molecular weight is 382 g/mol. The highest BCUT2D eigenvalue weighted by molar-refractivity contribution is 5.98. The summed E-state index contributed by atoms with van der Waals surface area (Å²) in [7, 11) is 4.36. The molecule has 0 bridgehead atoms. The number of esters is 1. The quantitative estimate of drug-likeness (QED) is 0.558. The van der Waals surface area contributed by atoms with Crippen molar-refractivity contribution in [3.8, 4) is 23.0 Å². The minimum atomic E-state index is -0.397. The number of ether oxygens (including phenoxy) is 5. The molecule has 0 spiro atoms. The van der Waals surface area contributed by atoms with E-state index in [2.05, 4.69) is 26.2 Å². The van der Waals surface area contributed by atoms with Gasteiger partial charge in [-0.05, 0) is 23.8 Å². The van der Waals surface area contributed by atoms with E-state index in [1.165, 1.54) is 5.56 Å². The fraction of sp³-hybridized carbons (Fsp3) is 0.381. The van der Waals surface area contributed by atoms with Crippen molar-refractivity contribution in [2.45, 2.75) is 18.6 Å². The van der Waals surface area contributed by atoms with Crippen LogP contribution in [0.3, 0.4) is 0 Å². The summed E-state index contributed by atoms with van der Waals surface area (Å²) in [6, 6.07) is 7.87. The molecule has 2 aromatic rings. The van der Waals surface area contributed by atoms with E-state index in [1.54, 1.807) is 0 Å². The summed E-state index contributed by atoms with van der Waals surface area (Å²) in [5, 5.41) is 0. The molecule has 28 heavy (non-hydrogen) atoms. The van der Waals surface area contributed by atoms with Crippen LogP contribution in [0.25, 0.3) is 0 Å². The lowest BCUT2D eigenvalue weighted by atomic mass is 9.84. The van der Waals surface area contributed by atoms with Crippen molar-refractivity contribution in [1.82, 2.24) is 0 Å². The average Bonchev–Trinajstić information content (AvgIpc) is 3.37. The van der Waals surface area contributed by atoms with E-state index in [-0.39, 0.29) is 25.6 Å². The fourth-order valence-electron chi connectivity index (χ4n) is 4.85. The van der Waals surface area contributed by atoms with Gasteiger partial charge in [0.1, 0.15) is 5.56 Å². The van der Waals surface area contributed by atoms with Crippen LogP contribution in [-0.4, -0.2) is 44.7 Å². The molecule has 0 saturated carbocycles. The van der Waals surface area contributed by atoms with Crippen molar-refractivity contribution < 1.29 is 33.0 Å². The zero-order valence-corrected chi connectivity index (χ0v) is 15.7. The lowest BCUT2D eigenvalue weighted by molar-refractivity contribution is -0.927. The van der Waals surface area contributed by atoms with E-state index in [0.29, 0.717) is 21.5 Å². The van der Waals surface area contributed by atoms with Crippen molar-refractivity contribution in [3.63, 3.8) is 0 Å². The predicted molar refractivity (Wildman–Crippen MR) is 96.7 cm³/mol. The fourth-order valence-corrected chi connectivity index (χ4v) is 4.85. The van der Waals surface area contributed by atoms with E-state index in [4.69, 9.17) is 23.7 Å². The molecule has 2 atom stereocenters. The molecule has 1 unspecified atom stereocenters. The molecule has 7 heteroatoms. The zero-order valence-electron chi connectivity index (χ0n) is 15.7. The normalized spacial score (nSPS) is 25.3. The first kappa shape index (κ1) is 16.1. The van der Waals surface area contributed by atoms with Gasteiger partial charge in [-0.3, -0.25) is 0 Å². The predicted octanol–water partition coefficient (Wildman–Crippen LogP) is 2.73. The highest BCUT2D eigenvalue weighted by atomic mass is 16.7. The Morgan fingerprint density at radius 1 is 0.929 bits per heavy atom. The van der Waals surface area contributed by atoms with Gasteiger partial charge in [-0.1, -0.05) is 6.07 Å². The van der Waals surface area contributed by atoms with Crippen LogP contribution in [0.5, 0.6) is 23.0 Å². The molecule has 0 aliphatic carbocycles. The number of nitrogens with zero attached hydrogens (tertiary/aromatic N) is 1. The first-order valence-electron chi connectivity index (χ1n) is 9.41. The third kappa shape index (κ3) is 2.05. The van der Waals surface area contributed by atoms with E-state index >= 15 is 0 Å². The number of quaternary nitrogens is 1. The first-order valence-corrected chi connectivity index (χ1v) is 9.41. The molecule has 0 amide bonds. The summed E-state index contributed by atoms with van der Waals surface area (Å²) >= 11 is 0. The van der Waals surface area contributed by atoms with Gasteiger partial charge in [-0.2, -0.15) is 0 Å². The van der Waals surface area contributed by atoms with Gasteiger partial charge in [-0.15, -0.1) is 0 Å². The third-order valence-corrected chi connectivity index (χ3v) is 6.27. The van der Waals surface area contributed by atoms with Gasteiger partial charge in [0.05, 0.1) is 20.6 Å². The Morgan fingerprint density at radius 3 is 2.54 bits per heavy atom. The van der Waals surface area contributed by atoms with Crippen molar-refractivity contribution in [1.29, 1.82) is 0 Å². The standard InChI is InChI=1S/C21H20NO6/c1-22(2)6-5-11-7-15-16(26-9-25-15)8-13(11)18(22)19-12-3-4-14-20(27-10-24-14)17(12)21(23)28-19/h3-4,7-8,18-19H,5-6,9-10H2,1-2H3/q+1/t18-,19?/m1/s1. The second-order valence-electron chi connectivity index (χ2n) is 8.19. The Bertz CT molecular complexity index is 1030. The van der Waals surface area contributed by atoms with Crippen molar-refractivity contribution in [2.24, 2.45) is 0 Å². The molecule has 0 saturated heterocycles. The van der Waals surface area contributed by atoms with Crippen LogP contribution in [0, 0.1) is 0 Å². The number of carbonyl (C=O) groups excluding carboxylic acids is 1. The highest BCUT2D eigenvalue weighted by Crippen LogP contribution is 2.53. The van der Waals surface area contributed by atoms with Crippen LogP contribution in [0.2, 0.25) is 0 Å². The van der Waals surface area contributed by atoms with Crippen LogP contribution in [0.1, 0.15) is 39.2 Å². The van der Waals surface area contributed by atoms with Crippen molar-refractivity contribution in [2.75, 3.05) is 34.2 Å². The third-order valence-electron chi connectivity index (χ3n) is 6.27. The molecule has 4 heterocycles. The summed E-state index contributed by atoms with van der Waals surface area (Å²) in [6.45, 7) is 1.30. The van der Waals surface area contributed by atoms with E-state index < -0.39 is 6.10 Å². The largest absolute Gasteiger partial charge is 0.454 e. The molecule has 0 N–H and O–H groups in total. The van der Waals surface area contributed by atoms with Gasteiger partial charge in [0.15, 0.2) is 35.1 Å². The monoisotopic (exact) mass is 382 g/mol. The SMILES string of the molecule is C[N+]1(C)CCc2cc3c(cc2[C@@H]1C1OC(=O)c2c1ccc1c2OCO1)OCO3. The zero-order chi connectivity index (χ0) is 19.0. The molecule has 7 nitrogen and oxygen atoms in total.